The maximum atomic E-state index is 13.0. The number of carbonyl (C=O) groups excluding carboxylic acids is 3. The van der Waals surface area contributed by atoms with Crippen LogP contribution in [-0.4, -0.2) is 17.7 Å². The molecule has 0 saturated heterocycles. The summed E-state index contributed by atoms with van der Waals surface area (Å²) >= 11 is 30.5. The maximum Gasteiger partial charge on any atom is 0.283 e. The summed E-state index contributed by atoms with van der Waals surface area (Å²) in [6, 6.07) is 15.7. The number of amides is 3. The molecule has 4 rings (SSSR count). The summed E-state index contributed by atoms with van der Waals surface area (Å²) in [4.78, 5) is 39.3. The second-order valence-electron chi connectivity index (χ2n) is 6.97. The van der Waals surface area contributed by atoms with Crippen LogP contribution in [0, 0.1) is 0 Å². The topological polar surface area (TPSA) is 78.5 Å². The third-order valence-electron chi connectivity index (χ3n) is 4.79. The molecule has 2 N–H and O–H groups in total. The van der Waals surface area contributed by atoms with Gasteiger partial charge < -0.3 is 10.6 Å². The number of rotatable bonds is 5. The normalized spacial score (nSPS) is 13.5. The van der Waals surface area contributed by atoms with E-state index in [1.807, 2.05) is 0 Å². The van der Waals surface area contributed by atoms with Gasteiger partial charge in [0.15, 0.2) is 0 Å². The number of anilines is 3. The van der Waals surface area contributed by atoms with Gasteiger partial charge in [0.05, 0.1) is 31.5 Å². The van der Waals surface area contributed by atoms with E-state index in [-0.39, 0.29) is 37.0 Å². The lowest BCUT2D eigenvalue weighted by Crippen LogP contribution is -2.32. The summed E-state index contributed by atoms with van der Waals surface area (Å²) in [7, 11) is 0. The van der Waals surface area contributed by atoms with Crippen LogP contribution >= 0.6 is 58.0 Å². The Morgan fingerprint density at radius 1 is 0.765 bits per heavy atom. The van der Waals surface area contributed by atoms with Gasteiger partial charge in [-0.1, -0.05) is 76.2 Å². The van der Waals surface area contributed by atoms with Crippen molar-refractivity contribution in [3.05, 3.63) is 97.0 Å². The number of nitrogens with one attached hydrogen (secondary N) is 2. The van der Waals surface area contributed by atoms with Crippen molar-refractivity contribution >= 4 is 92.8 Å². The number of nitrogens with zero attached hydrogens (tertiary/aromatic N) is 1. The lowest BCUT2D eigenvalue weighted by molar-refractivity contribution is -0.120. The molecule has 0 saturated carbocycles. The molecule has 1 aliphatic heterocycles. The molecule has 0 fully saturated rings. The van der Waals surface area contributed by atoms with E-state index in [9.17, 15) is 14.4 Å². The summed E-state index contributed by atoms with van der Waals surface area (Å²) in [6.45, 7) is 0. The first-order valence-corrected chi connectivity index (χ1v) is 11.4. The average Bonchev–Trinajstić information content (AvgIpc) is 3.02. The highest BCUT2D eigenvalue weighted by atomic mass is 35.5. The molecule has 3 aromatic carbocycles. The molecule has 6 nitrogen and oxygen atoms in total. The van der Waals surface area contributed by atoms with Gasteiger partial charge in [-0.15, -0.1) is 0 Å². The first kappa shape index (κ1) is 24.4. The smallest absolute Gasteiger partial charge is 0.283 e. The maximum absolute atomic E-state index is 13.0. The fraction of sp³-hybridized carbons (Fsp3) is 0. The second kappa shape index (κ2) is 9.86. The van der Waals surface area contributed by atoms with Gasteiger partial charge in [0.25, 0.3) is 17.7 Å². The molecule has 0 spiro atoms. The number of hydrogen-bond donors (Lipinski definition) is 2. The molecule has 0 aliphatic carbocycles. The molecule has 172 valence electrons. The molecular weight excluding hydrogens is 544 g/mol. The van der Waals surface area contributed by atoms with E-state index in [1.54, 1.807) is 42.5 Å². The van der Waals surface area contributed by atoms with E-state index in [0.717, 1.165) is 4.90 Å². The van der Waals surface area contributed by atoms with Gasteiger partial charge in [-0.05, 0) is 42.5 Å². The molecule has 0 radical (unpaired) electrons. The van der Waals surface area contributed by atoms with Crippen LogP contribution in [0.3, 0.4) is 0 Å². The van der Waals surface area contributed by atoms with Crippen LogP contribution in [0.5, 0.6) is 0 Å². The van der Waals surface area contributed by atoms with Gasteiger partial charge in [-0.25, -0.2) is 4.90 Å². The molecule has 0 unspecified atom stereocenters. The number of halogens is 5. The predicted molar refractivity (Wildman–Crippen MR) is 136 cm³/mol. The number of hydrogen-bond acceptors (Lipinski definition) is 4. The molecule has 0 bridgehead atoms. The molecule has 34 heavy (non-hydrogen) atoms. The van der Waals surface area contributed by atoms with Crippen molar-refractivity contribution < 1.29 is 14.4 Å². The zero-order chi connectivity index (χ0) is 24.6. The van der Waals surface area contributed by atoms with Crippen LogP contribution in [0.15, 0.2) is 71.4 Å². The van der Waals surface area contributed by atoms with Crippen LogP contribution in [0.25, 0.3) is 0 Å². The third-order valence-corrected chi connectivity index (χ3v) is 6.77. The van der Waals surface area contributed by atoms with E-state index in [2.05, 4.69) is 10.6 Å². The van der Waals surface area contributed by atoms with Crippen molar-refractivity contribution in [3.8, 4) is 0 Å². The highest BCUT2D eigenvalue weighted by molar-refractivity contribution is 6.54. The van der Waals surface area contributed by atoms with Gasteiger partial charge in [-0.2, -0.15) is 0 Å². The lowest BCUT2D eigenvalue weighted by atomic mass is 10.1. The summed E-state index contributed by atoms with van der Waals surface area (Å²) in [5.74, 6) is -1.95. The van der Waals surface area contributed by atoms with Gasteiger partial charge in [0.1, 0.15) is 10.7 Å². The van der Waals surface area contributed by atoms with Crippen molar-refractivity contribution in [2.24, 2.45) is 0 Å². The minimum Gasteiger partial charge on any atom is -0.350 e. The molecule has 0 atom stereocenters. The summed E-state index contributed by atoms with van der Waals surface area (Å²) in [5.41, 5.74) is 0.875. The van der Waals surface area contributed by atoms with E-state index >= 15 is 0 Å². The Hall–Kier alpha value is -2.74. The lowest BCUT2D eigenvalue weighted by Gasteiger charge is -2.17. The number of benzene rings is 3. The highest BCUT2D eigenvalue weighted by Crippen LogP contribution is 2.37. The van der Waals surface area contributed by atoms with E-state index < -0.39 is 17.7 Å². The summed E-state index contributed by atoms with van der Waals surface area (Å²) in [5, 5.41) is 5.88. The largest absolute Gasteiger partial charge is 0.350 e. The zero-order valence-corrected chi connectivity index (χ0v) is 20.6. The van der Waals surface area contributed by atoms with Crippen molar-refractivity contribution in [3.63, 3.8) is 0 Å². The van der Waals surface area contributed by atoms with Crippen molar-refractivity contribution in [2.75, 3.05) is 15.5 Å². The minimum atomic E-state index is -0.761. The third kappa shape index (κ3) is 4.60. The van der Waals surface area contributed by atoms with Gasteiger partial charge in [0, 0.05) is 11.3 Å². The van der Waals surface area contributed by atoms with E-state index in [1.165, 1.54) is 18.2 Å². The van der Waals surface area contributed by atoms with E-state index in [0.29, 0.717) is 16.4 Å². The van der Waals surface area contributed by atoms with Crippen molar-refractivity contribution in [1.82, 2.24) is 0 Å². The molecule has 3 amide bonds. The Bertz CT molecular complexity index is 1390. The molecule has 3 aromatic rings. The van der Waals surface area contributed by atoms with Gasteiger partial charge in [0.2, 0.25) is 0 Å². The Morgan fingerprint density at radius 2 is 1.41 bits per heavy atom. The fourth-order valence-corrected chi connectivity index (χ4v) is 4.11. The number of carbonyl (C=O) groups is 3. The Kier molecular flexibility index (Phi) is 7.07. The quantitative estimate of drug-likeness (QED) is 0.333. The van der Waals surface area contributed by atoms with Crippen molar-refractivity contribution in [2.45, 2.75) is 0 Å². The van der Waals surface area contributed by atoms with Gasteiger partial charge in [-0.3, -0.25) is 14.4 Å². The zero-order valence-electron chi connectivity index (χ0n) is 16.8. The Balaban J connectivity index is 1.57. The first-order valence-electron chi connectivity index (χ1n) is 9.54. The van der Waals surface area contributed by atoms with Crippen LogP contribution in [0.2, 0.25) is 20.1 Å². The monoisotopic (exact) mass is 553 g/mol. The highest BCUT2D eigenvalue weighted by Gasteiger charge is 2.40. The summed E-state index contributed by atoms with van der Waals surface area (Å²) < 4.78 is 0. The molecule has 11 heteroatoms. The minimum absolute atomic E-state index is 0.0370. The Morgan fingerprint density at radius 3 is 2.15 bits per heavy atom. The van der Waals surface area contributed by atoms with Crippen LogP contribution in [0.4, 0.5) is 17.1 Å². The van der Waals surface area contributed by atoms with E-state index in [4.69, 9.17) is 58.0 Å². The number of imide groups is 1. The summed E-state index contributed by atoms with van der Waals surface area (Å²) in [6.07, 6.45) is 0. The fourth-order valence-electron chi connectivity index (χ4n) is 3.17. The molecular formula is C23H12Cl5N3O3. The van der Waals surface area contributed by atoms with Gasteiger partial charge >= 0.3 is 0 Å². The van der Waals surface area contributed by atoms with Crippen LogP contribution < -0.4 is 15.5 Å². The predicted octanol–water partition coefficient (Wildman–Crippen LogP) is 6.99. The van der Waals surface area contributed by atoms with Crippen LogP contribution in [-0.2, 0) is 9.59 Å². The molecule has 0 aromatic heterocycles. The van der Waals surface area contributed by atoms with Crippen LogP contribution in [0.1, 0.15) is 10.4 Å². The second-order valence-corrected chi connectivity index (χ2v) is 8.92. The standard InChI is InChI=1S/C23H12Cl5N3O3/c24-13-6-2-8-15(17(13)26)30-21(32)11-4-1-5-12(10-11)29-20-19(28)22(33)31(23(20)34)16-9-3-7-14(25)18(16)27/h1-10,29H,(H,30,32). The first-order chi connectivity index (χ1) is 16.2. The van der Waals surface area contributed by atoms with Crippen molar-refractivity contribution in [1.29, 1.82) is 0 Å². The molecule has 1 aliphatic rings. The average molecular weight is 556 g/mol. The SMILES string of the molecule is O=C(Nc1cccc(Cl)c1Cl)c1cccc(NC2=C(Cl)C(=O)N(c3cccc(Cl)c3Cl)C2=O)c1. The molecule has 1 heterocycles. The Labute approximate surface area is 219 Å².